The number of rotatable bonds is 5. The zero-order chi connectivity index (χ0) is 20.4. The maximum atomic E-state index is 12.5. The SMILES string of the molecule is CC[C@]1(c2ccc(NC(=O)Cc3c[nH]c4ccccc34)cc2)CCC(=O)NC1=O. The number of hydrogen-bond donors (Lipinski definition) is 3. The zero-order valence-corrected chi connectivity index (χ0v) is 16.2. The summed E-state index contributed by atoms with van der Waals surface area (Å²) in [5.74, 6) is -0.568. The Labute approximate surface area is 168 Å². The van der Waals surface area contributed by atoms with Crippen LogP contribution in [0.25, 0.3) is 10.9 Å². The maximum Gasteiger partial charge on any atom is 0.237 e. The van der Waals surface area contributed by atoms with Crippen molar-refractivity contribution < 1.29 is 14.4 Å². The molecule has 0 spiro atoms. The summed E-state index contributed by atoms with van der Waals surface area (Å²) in [5.41, 5.74) is 2.80. The van der Waals surface area contributed by atoms with Crippen molar-refractivity contribution >= 4 is 34.3 Å². The number of nitrogens with one attached hydrogen (secondary N) is 3. The first kappa shape index (κ1) is 18.9. The van der Waals surface area contributed by atoms with Gasteiger partial charge in [0.25, 0.3) is 0 Å². The number of H-pyrrole nitrogens is 1. The molecule has 6 heteroatoms. The van der Waals surface area contributed by atoms with Gasteiger partial charge in [-0.05, 0) is 42.2 Å². The van der Waals surface area contributed by atoms with E-state index < -0.39 is 5.41 Å². The smallest absolute Gasteiger partial charge is 0.237 e. The summed E-state index contributed by atoms with van der Waals surface area (Å²) in [7, 11) is 0. The predicted molar refractivity (Wildman–Crippen MR) is 111 cm³/mol. The monoisotopic (exact) mass is 389 g/mol. The molecule has 0 unspecified atom stereocenters. The number of aromatic amines is 1. The number of carbonyl (C=O) groups is 3. The third-order valence-corrected chi connectivity index (χ3v) is 5.82. The van der Waals surface area contributed by atoms with Crippen molar-refractivity contribution in [2.45, 2.75) is 38.0 Å². The number of para-hydroxylation sites is 1. The van der Waals surface area contributed by atoms with Crippen LogP contribution in [0.1, 0.15) is 37.3 Å². The van der Waals surface area contributed by atoms with Crippen molar-refractivity contribution in [2.24, 2.45) is 0 Å². The summed E-state index contributed by atoms with van der Waals surface area (Å²) in [5, 5.41) is 6.41. The Kier molecular flexibility index (Phi) is 4.92. The van der Waals surface area contributed by atoms with Crippen LogP contribution >= 0.6 is 0 Å². The first-order valence-corrected chi connectivity index (χ1v) is 9.81. The molecule has 2 heterocycles. The fraction of sp³-hybridized carbons (Fsp3) is 0.261. The third-order valence-electron chi connectivity index (χ3n) is 5.82. The standard InChI is InChI=1S/C23H23N3O3/c1-2-23(12-11-20(27)26-22(23)29)16-7-9-17(10-8-16)25-21(28)13-15-14-24-19-6-4-3-5-18(15)19/h3-10,14,24H,2,11-13H2,1H3,(H,25,28)(H,26,27,29)/t23-/m1/s1. The summed E-state index contributed by atoms with van der Waals surface area (Å²) < 4.78 is 0. The summed E-state index contributed by atoms with van der Waals surface area (Å²) >= 11 is 0. The molecular formula is C23H23N3O3. The molecule has 148 valence electrons. The zero-order valence-electron chi connectivity index (χ0n) is 16.2. The number of benzene rings is 2. The Bertz CT molecular complexity index is 1080. The molecule has 1 aromatic heterocycles. The van der Waals surface area contributed by atoms with Crippen LogP contribution in [0.3, 0.4) is 0 Å². The van der Waals surface area contributed by atoms with E-state index in [1.54, 1.807) is 0 Å². The fourth-order valence-electron chi connectivity index (χ4n) is 4.09. The van der Waals surface area contributed by atoms with E-state index in [0.717, 1.165) is 22.0 Å². The van der Waals surface area contributed by atoms with E-state index in [0.29, 0.717) is 24.9 Å². The highest BCUT2D eigenvalue weighted by molar-refractivity contribution is 6.03. The molecule has 0 bridgehead atoms. The van der Waals surface area contributed by atoms with Gasteiger partial charge < -0.3 is 10.3 Å². The van der Waals surface area contributed by atoms with E-state index in [4.69, 9.17) is 0 Å². The molecule has 1 fully saturated rings. The van der Waals surface area contributed by atoms with Crippen molar-refractivity contribution in [3.8, 4) is 0 Å². The first-order chi connectivity index (χ1) is 14.0. The lowest BCUT2D eigenvalue weighted by molar-refractivity contribution is -0.138. The van der Waals surface area contributed by atoms with Crippen molar-refractivity contribution in [1.82, 2.24) is 10.3 Å². The van der Waals surface area contributed by atoms with Gasteiger partial charge in [0.1, 0.15) is 0 Å². The number of carbonyl (C=O) groups excluding carboxylic acids is 3. The van der Waals surface area contributed by atoms with Crippen LogP contribution in [-0.4, -0.2) is 22.7 Å². The number of aromatic nitrogens is 1. The molecule has 1 aliphatic heterocycles. The lowest BCUT2D eigenvalue weighted by Crippen LogP contribution is -2.51. The highest BCUT2D eigenvalue weighted by atomic mass is 16.2. The molecule has 29 heavy (non-hydrogen) atoms. The third kappa shape index (κ3) is 3.53. The molecule has 3 aromatic rings. The Morgan fingerprint density at radius 2 is 1.86 bits per heavy atom. The van der Waals surface area contributed by atoms with Gasteiger partial charge in [-0.2, -0.15) is 0 Å². The van der Waals surface area contributed by atoms with E-state index in [1.807, 2.05) is 61.7 Å². The second-order valence-corrected chi connectivity index (χ2v) is 7.47. The molecule has 1 aliphatic rings. The summed E-state index contributed by atoms with van der Waals surface area (Å²) in [4.78, 5) is 39.7. The number of fused-ring (bicyclic) bond motifs is 1. The van der Waals surface area contributed by atoms with Crippen LogP contribution in [-0.2, 0) is 26.2 Å². The van der Waals surface area contributed by atoms with Crippen molar-refractivity contribution in [1.29, 1.82) is 0 Å². The first-order valence-electron chi connectivity index (χ1n) is 9.81. The van der Waals surface area contributed by atoms with Crippen LogP contribution in [0.2, 0.25) is 0 Å². The lowest BCUT2D eigenvalue weighted by atomic mass is 9.72. The molecule has 2 aromatic carbocycles. The summed E-state index contributed by atoms with van der Waals surface area (Å²) in [6, 6.07) is 15.2. The van der Waals surface area contributed by atoms with Crippen molar-refractivity contribution in [3.63, 3.8) is 0 Å². The van der Waals surface area contributed by atoms with Crippen molar-refractivity contribution in [3.05, 3.63) is 65.9 Å². The van der Waals surface area contributed by atoms with Crippen molar-refractivity contribution in [2.75, 3.05) is 5.32 Å². The predicted octanol–water partition coefficient (Wildman–Crippen LogP) is 3.43. The molecule has 0 radical (unpaired) electrons. The van der Waals surface area contributed by atoms with Crippen LogP contribution in [0.5, 0.6) is 0 Å². The molecule has 3 N–H and O–H groups in total. The van der Waals surface area contributed by atoms with E-state index in [1.165, 1.54) is 0 Å². The van der Waals surface area contributed by atoms with Gasteiger partial charge in [-0.15, -0.1) is 0 Å². The van der Waals surface area contributed by atoms with Crippen LogP contribution < -0.4 is 10.6 Å². The Morgan fingerprint density at radius 1 is 1.10 bits per heavy atom. The number of imide groups is 1. The average molecular weight is 389 g/mol. The lowest BCUT2D eigenvalue weighted by Gasteiger charge is -2.35. The van der Waals surface area contributed by atoms with Crippen LogP contribution in [0.15, 0.2) is 54.7 Å². The van der Waals surface area contributed by atoms with Gasteiger partial charge in [0, 0.05) is 29.2 Å². The minimum absolute atomic E-state index is 0.103. The fourth-order valence-corrected chi connectivity index (χ4v) is 4.09. The molecular weight excluding hydrogens is 366 g/mol. The van der Waals surface area contributed by atoms with E-state index >= 15 is 0 Å². The van der Waals surface area contributed by atoms with Gasteiger partial charge in [-0.1, -0.05) is 37.3 Å². The number of hydrogen-bond acceptors (Lipinski definition) is 3. The van der Waals surface area contributed by atoms with Gasteiger partial charge in [0.05, 0.1) is 11.8 Å². The second kappa shape index (κ2) is 7.54. The molecule has 0 aliphatic carbocycles. The van der Waals surface area contributed by atoms with Gasteiger partial charge in [0.15, 0.2) is 0 Å². The molecule has 1 atom stereocenters. The van der Waals surface area contributed by atoms with Gasteiger partial charge in [0.2, 0.25) is 17.7 Å². The van der Waals surface area contributed by atoms with Crippen LogP contribution in [0.4, 0.5) is 5.69 Å². The Balaban J connectivity index is 1.47. The number of amides is 3. The topological polar surface area (TPSA) is 91.1 Å². The number of piperidine rings is 1. The quantitative estimate of drug-likeness (QED) is 0.584. The Hall–Kier alpha value is -3.41. The average Bonchev–Trinajstić information content (AvgIpc) is 3.12. The summed E-state index contributed by atoms with van der Waals surface area (Å²) in [6.45, 7) is 1.95. The normalized spacial score (nSPS) is 19.2. The summed E-state index contributed by atoms with van der Waals surface area (Å²) in [6.07, 6.45) is 3.58. The van der Waals surface area contributed by atoms with E-state index in [-0.39, 0.29) is 24.1 Å². The molecule has 3 amide bonds. The molecule has 4 rings (SSSR count). The van der Waals surface area contributed by atoms with Gasteiger partial charge >= 0.3 is 0 Å². The van der Waals surface area contributed by atoms with Gasteiger partial charge in [-0.3, -0.25) is 19.7 Å². The minimum Gasteiger partial charge on any atom is -0.361 e. The van der Waals surface area contributed by atoms with E-state index in [2.05, 4.69) is 15.6 Å². The molecule has 0 saturated carbocycles. The highest BCUT2D eigenvalue weighted by Crippen LogP contribution is 2.36. The van der Waals surface area contributed by atoms with Crippen LogP contribution in [0, 0.1) is 0 Å². The minimum atomic E-state index is -0.694. The van der Waals surface area contributed by atoms with Gasteiger partial charge in [-0.25, -0.2) is 0 Å². The number of anilines is 1. The highest BCUT2D eigenvalue weighted by Gasteiger charge is 2.42. The Morgan fingerprint density at radius 3 is 2.59 bits per heavy atom. The largest absolute Gasteiger partial charge is 0.361 e. The second-order valence-electron chi connectivity index (χ2n) is 7.47. The molecule has 6 nitrogen and oxygen atoms in total. The molecule has 1 saturated heterocycles. The van der Waals surface area contributed by atoms with E-state index in [9.17, 15) is 14.4 Å². The maximum absolute atomic E-state index is 12.5.